The molecule has 0 aliphatic carbocycles. The number of carbonyl (C=O) groups excluding carboxylic acids is 1. The molecule has 4 nitrogen and oxygen atoms in total. The first-order chi connectivity index (χ1) is 9.70. The molecular weight excluding hydrogens is 252 g/mol. The molecule has 1 aliphatic heterocycles. The summed E-state index contributed by atoms with van der Waals surface area (Å²) in [7, 11) is 0. The van der Waals surface area contributed by atoms with Crippen LogP contribution < -0.4 is 0 Å². The van der Waals surface area contributed by atoms with Crippen LogP contribution >= 0.6 is 0 Å². The van der Waals surface area contributed by atoms with Gasteiger partial charge in [0.2, 0.25) is 0 Å². The summed E-state index contributed by atoms with van der Waals surface area (Å²) < 4.78 is 0. The number of rotatable bonds is 2. The Morgan fingerprint density at radius 2 is 2.05 bits per heavy atom. The molecule has 2 aromatic rings. The number of amides is 1. The first kappa shape index (κ1) is 13.2. The molecule has 1 aromatic carbocycles. The molecule has 20 heavy (non-hydrogen) atoms. The molecule has 0 radical (unpaired) electrons. The number of hydrogen-bond acceptors (Lipinski definition) is 2. The van der Waals surface area contributed by atoms with Gasteiger partial charge in [-0.15, -0.1) is 0 Å². The largest absolute Gasteiger partial charge is 0.396 e. The van der Waals surface area contributed by atoms with Crippen LogP contribution in [0, 0.1) is 12.8 Å². The number of nitrogens with one attached hydrogen (secondary N) is 1. The molecule has 1 aromatic heterocycles. The number of aromatic nitrogens is 1. The highest BCUT2D eigenvalue weighted by atomic mass is 16.3. The number of carbonyl (C=O) groups is 1. The third kappa shape index (κ3) is 2.20. The maximum absolute atomic E-state index is 12.7. The molecular formula is C16H20N2O2. The molecule has 2 heterocycles. The number of aliphatic hydroxyl groups is 1. The van der Waals surface area contributed by atoms with E-state index in [0.717, 1.165) is 48.1 Å². The molecule has 2 N–H and O–H groups in total. The second kappa shape index (κ2) is 5.29. The van der Waals surface area contributed by atoms with E-state index in [1.54, 1.807) is 0 Å². The van der Waals surface area contributed by atoms with E-state index in [-0.39, 0.29) is 12.5 Å². The Kier molecular flexibility index (Phi) is 3.49. The quantitative estimate of drug-likeness (QED) is 0.881. The van der Waals surface area contributed by atoms with Crippen LogP contribution in [0.15, 0.2) is 24.3 Å². The predicted octanol–water partition coefficient (Wildman–Crippen LogP) is 2.32. The van der Waals surface area contributed by atoms with Crippen molar-refractivity contribution >= 4 is 16.8 Å². The average Bonchev–Trinajstić information content (AvgIpc) is 2.82. The summed E-state index contributed by atoms with van der Waals surface area (Å²) in [5, 5.41) is 10.2. The van der Waals surface area contributed by atoms with E-state index in [9.17, 15) is 9.90 Å². The number of fused-ring (bicyclic) bond motifs is 1. The zero-order valence-corrected chi connectivity index (χ0v) is 11.7. The van der Waals surface area contributed by atoms with Gasteiger partial charge < -0.3 is 15.0 Å². The van der Waals surface area contributed by atoms with Crippen molar-refractivity contribution in [2.45, 2.75) is 19.8 Å². The number of para-hydroxylation sites is 1. The highest BCUT2D eigenvalue weighted by molar-refractivity contribution is 6.08. The van der Waals surface area contributed by atoms with Gasteiger partial charge in [-0.05, 0) is 31.7 Å². The summed E-state index contributed by atoms with van der Waals surface area (Å²) in [6.45, 7) is 3.66. The summed E-state index contributed by atoms with van der Waals surface area (Å²) in [6.07, 6.45) is 1.79. The van der Waals surface area contributed by atoms with E-state index in [1.165, 1.54) is 0 Å². The lowest BCUT2D eigenvalue weighted by Crippen LogP contribution is -2.39. The zero-order chi connectivity index (χ0) is 14.1. The summed E-state index contributed by atoms with van der Waals surface area (Å²) in [5.41, 5.74) is 2.74. The lowest BCUT2D eigenvalue weighted by atomic mass is 9.97. The van der Waals surface area contributed by atoms with Gasteiger partial charge in [-0.2, -0.15) is 0 Å². The van der Waals surface area contributed by atoms with Crippen molar-refractivity contribution in [3.63, 3.8) is 0 Å². The Morgan fingerprint density at radius 3 is 2.75 bits per heavy atom. The van der Waals surface area contributed by atoms with Gasteiger partial charge in [-0.3, -0.25) is 4.79 Å². The van der Waals surface area contributed by atoms with Crippen molar-refractivity contribution in [2.24, 2.45) is 5.92 Å². The van der Waals surface area contributed by atoms with Crippen molar-refractivity contribution in [3.8, 4) is 0 Å². The Labute approximate surface area is 118 Å². The van der Waals surface area contributed by atoms with Crippen LogP contribution in [-0.4, -0.2) is 40.6 Å². The number of hydrogen-bond donors (Lipinski definition) is 2. The highest BCUT2D eigenvalue weighted by Gasteiger charge is 2.26. The van der Waals surface area contributed by atoms with Crippen LogP contribution in [0.3, 0.4) is 0 Å². The van der Waals surface area contributed by atoms with Crippen molar-refractivity contribution in [2.75, 3.05) is 19.7 Å². The maximum atomic E-state index is 12.7. The van der Waals surface area contributed by atoms with Gasteiger partial charge >= 0.3 is 0 Å². The van der Waals surface area contributed by atoms with E-state index < -0.39 is 0 Å². The Morgan fingerprint density at radius 1 is 1.35 bits per heavy atom. The van der Waals surface area contributed by atoms with Gasteiger partial charge in [0.1, 0.15) is 0 Å². The van der Waals surface area contributed by atoms with Gasteiger partial charge in [0.05, 0.1) is 5.56 Å². The van der Waals surface area contributed by atoms with E-state index in [2.05, 4.69) is 4.98 Å². The minimum Gasteiger partial charge on any atom is -0.396 e. The smallest absolute Gasteiger partial charge is 0.256 e. The third-order valence-electron chi connectivity index (χ3n) is 4.27. The molecule has 1 fully saturated rings. The fourth-order valence-corrected chi connectivity index (χ4v) is 3.03. The summed E-state index contributed by atoms with van der Waals surface area (Å²) in [4.78, 5) is 17.9. The standard InChI is InChI=1S/C16H20N2O2/c1-11-15(13-4-2-3-5-14(13)17-11)16(20)18-8-6-12(10-19)7-9-18/h2-5,12,17,19H,6-10H2,1H3. The van der Waals surface area contributed by atoms with Crippen molar-refractivity contribution in [1.29, 1.82) is 0 Å². The van der Waals surface area contributed by atoms with E-state index in [4.69, 9.17) is 0 Å². The van der Waals surface area contributed by atoms with Crippen molar-refractivity contribution in [1.82, 2.24) is 9.88 Å². The van der Waals surface area contributed by atoms with Gasteiger partial charge in [0.25, 0.3) is 5.91 Å². The Hall–Kier alpha value is -1.81. The highest BCUT2D eigenvalue weighted by Crippen LogP contribution is 2.25. The lowest BCUT2D eigenvalue weighted by molar-refractivity contribution is 0.0652. The van der Waals surface area contributed by atoms with Gasteiger partial charge in [0.15, 0.2) is 0 Å². The maximum Gasteiger partial charge on any atom is 0.256 e. The molecule has 106 valence electrons. The molecule has 0 spiro atoms. The van der Waals surface area contributed by atoms with Crippen LogP contribution in [0.1, 0.15) is 28.9 Å². The number of aromatic amines is 1. The molecule has 0 bridgehead atoms. The van der Waals surface area contributed by atoms with Crippen molar-refractivity contribution in [3.05, 3.63) is 35.5 Å². The molecule has 1 saturated heterocycles. The molecule has 3 rings (SSSR count). The first-order valence-corrected chi connectivity index (χ1v) is 7.18. The monoisotopic (exact) mass is 272 g/mol. The van der Waals surface area contributed by atoms with Crippen LogP contribution in [0.5, 0.6) is 0 Å². The SMILES string of the molecule is Cc1[nH]c2ccccc2c1C(=O)N1CCC(CO)CC1. The van der Waals surface area contributed by atoms with Crippen LogP contribution in [-0.2, 0) is 0 Å². The average molecular weight is 272 g/mol. The molecule has 0 unspecified atom stereocenters. The van der Waals surface area contributed by atoms with Crippen LogP contribution in [0.4, 0.5) is 0 Å². The second-order valence-electron chi connectivity index (χ2n) is 5.59. The van der Waals surface area contributed by atoms with Gasteiger partial charge in [-0.25, -0.2) is 0 Å². The third-order valence-corrected chi connectivity index (χ3v) is 4.27. The summed E-state index contributed by atoms with van der Waals surface area (Å²) in [5.74, 6) is 0.458. The normalized spacial score (nSPS) is 16.8. The van der Waals surface area contributed by atoms with Gasteiger partial charge in [0, 0.05) is 36.3 Å². The predicted molar refractivity (Wildman–Crippen MR) is 78.7 cm³/mol. The van der Waals surface area contributed by atoms with E-state index in [1.807, 2.05) is 36.1 Å². The van der Waals surface area contributed by atoms with E-state index in [0.29, 0.717) is 5.92 Å². The fourth-order valence-electron chi connectivity index (χ4n) is 3.03. The summed E-state index contributed by atoms with van der Waals surface area (Å²) in [6, 6.07) is 7.92. The minimum atomic E-state index is 0.108. The molecule has 4 heteroatoms. The molecule has 1 amide bonds. The minimum absolute atomic E-state index is 0.108. The number of nitrogens with zero attached hydrogens (tertiary/aromatic N) is 1. The van der Waals surface area contributed by atoms with Crippen LogP contribution in [0.25, 0.3) is 10.9 Å². The number of H-pyrrole nitrogens is 1. The van der Waals surface area contributed by atoms with E-state index >= 15 is 0 Å². The fraction of sp³-hybridized carbons (Fsp3) is 0.438. The summed E-state index contributed by atoms with van der Waals surface area (Å²) >= 11 is 0. The number of likely N-dealkylation sites (tertiary alicyclic amines) is 1. The Bertz CT molecular complexity index is 624. The zero-order valence-electron chi connectivity index (χ0n) is 11.7. The van der Waals surface area contributed by atoms with Gasteiger partial charge in [-0.1, -0.05) is 18.2 Å². The molecule has 1 aliphatic rings. The number of benzene rings is 1. The lowest BCUT2D eigenvalue weighted by Gasteiger charge is -2.31. The topological polar surface area (TPSA) is 56.3 Å². The van der Waals surface area contributed by atoms with Crippen LogP contribution in [0.2, 0.25) is 0 Å². The number of piperidine rings is 1. The first-order valence-electron chi connectivity index (χ1n) is 7.18. The molecule has 0 saturated carbocycles. The second-order valence-corrected chi connectivity index (χ2v) is 5.59. The number of aliphatic hydroxyl groups excluding tert-OH is 1. The number of aryl methyl sites for hydroxylation is 1. The Balaban J connectivity index is 1.88. The van der Waals surface area contributed by atoms with Crippen molar-refractivity contribution < 1.29 is 9.90 Å². The molecule has 0 atom stereocenters.